The van der Waals surface area contributed by atoms with Gasteiger partial charge in [-0.15, -0.1) is 0 Å². The molecule has 15 heavy (non-hydrogen) atoms. The monoisotopic (exact) mass is 214 g/mol. The molecule has 0 bridgehead atoms. The fraction of sp³-hybridized carbons (Fsp3) is 0.778. The third-order valence-corrected chi connectivity index (χ3v) is 2.59. The van der Waals surface area contributed by atoms with Crippen molar-refractivity contribution in [1.29, 1.82) is 0 Å². The molecule has 4 N–H and O–H groups in total. The quantitative estimate of drug-likeness (QED) is 0.499. The van der Waals surface area contributed by atoms with Crippen molar-refractivity contribution in [3.8, 4) is 0 Å². The van der Waals surface area contributed by atoms with E-state index < -0.39 is 0 Å². The van der Waals surface area contributed by atoms with Crippen LogP contribution in [-0.4, -0.2) is 56.0 Å². The summed E-state index contributed by atoms with van der Waals surface area (Å²) < 4.78 is 0. The van der Waals surface area contributed by atoms with E-state index in [0.29, 0.717) is 19.5 Å². The van der Waals surface area contributed by atoms with E-state index in [2.05, 4.69) is 10.6 Å². The summed E-state index contributed by atoms with van der Waals surface area (Å²) in [4.78, 5) is 24.1. The fourth-order valence-corrected chi connectivity index (χ4v) is 1.66. The van der Waals surface area contributed by atoms with Gasteiger partial charge in [-0.1, -0.05) is 0 Å². The van der Waals surface area contributed by atoms with Crippen molar-refractivity contribution in [3.63, 3.8) is 0 Å². The van der Waals surface area contributed by atoms with Crippen LogP contribution in [0.5, 0.6) is 0 Å². The van der Waals surface area contributed by atoms with Crippen molar-refractivity contribution in [2.45, 2.75) is 12.5 Å². The van der Waals surface area contributed by atoms with Gasteiger partial charge in [0.15, 0.2) is 0 Å². The summed E-state index contributed by atoms with van der Waals surface area (Å²) in [6.07, 6.45) is 0.403. The topological polar surface area (TPSA) is 87.5 Å². The lowest BCUT2D eigenvalue weighted by molar-refractivity contribution is -0.126. The molecule has 0 spiro atoms. The second kappa shape index (κ2) is 5.67. The third kappa shape index (κ3) is 3.49. The van der Waals surface area contributed by atoms with E-state index in [1.54, 1.807) is 7.05 Å². The number of nitrogens with one attached hydrogen (secondary N) is 2. The molecule has 1 aliphatic rings. The Morgan fingerprint density at radius 1 is 1.60 bits per heavy atom. The Balaban J connectivity index is 2.42. The first-order chi connectivity index (χ1) is 7.15. The number of rotatable bonds is 4. The van der Waals surface area contributed by atoms with Crippen LogP contribution in [0.15, 0.2) is 0 Å². The number of hydrogen-bond acceptors (Lipinski definition) is 4. The van der Waals surface area contributed by atoms with E-state index in [1.165, 1.54) is 0 Å². The van der Waals surface area contributed by atoms with Crippen molar-refractivity contribution < 1.29 is 9.59 Å². The Bertz CT molecular complexity index is 244. The minimum Gasteiger partial charge on any atom is -0.368 e. The summed E-state index contributed by atoms with van der Waals surface area (Å²) in [5, 5.41) is 5.66. The largest absolute Gasteiger partial charge is 0.368 e. The highest BCUT2D eigenvalue weighted by molar-refractivity contribution is 5.80. The van der Waals surface area contributed by atoms with E-state index in [9.17, 15) is 9.59 Å². The van der Waals surface area contributed by atoms with Gasteiger partial charge in [0.1, 0.15) is 6.04 Å². The molecule has 1 saturated heterocycles. The van der Waals surface area contributed by atoms with Crippen LogP contribution in [0.25, 0.3) is 0 Å². The van der Waals surface area contributed by atoms with Crippen molar-refractivity contribution in [2.75, 3.05) is 33.2 Å². The van der Waals surface area contributed by atoms with Crippen LogP contribution < -0.4 is 16.4 Å². The first kappa shape index (κ1) is 11.9. The number of hydrogen-bond donors (Lipinski definition) is 3. The van der Waals surface area contributed by atoms with E-state index in [4.69, 9.17) is 5.73 Å². The molecule has 0 aromatic heterocycles. The minimum absolute atomic E-state index is 0.0169. The molecule has 0 radical (unpaired) electrons. The molecule has 1 rings (SSSR count). The third-order valence-electron chi connectivity index (χ3n) is 2.59. The number of piperazine rings is 1. The first-order valence-corrected chi connectivity index (χ1v) is 5.10. The lowest BCUT2D eigenvalue weighted by atomic mass is 10.1. The van der Waals surface area contributed by atoms with Gasteiger partial charge in [0.2, 0.25) is 11.8 Å². The zero-order valence-electron chi connectivity index (χ0n) is 8.95. The van der Waals surface area contributed by atoms with Gasteiger partial charge in [-0.3, -0.25) is 14.5 Å². The Hall–Kier alpha value is -1.14. The van der Waals surface area contributed by atoms with Gasteiger partial charge in [0.25, 0.3) is 0 Å². The van der Waals surface area contributed by atoms with Gasteiger partial charge in [0.05, 0.1) is 0 Å². The molecule has 0 aromatic carbocycles. The highest BCUT2D eigenvalue weighted by Gasteiger charge is 2.26. The lowest BCUT2D eigenvalue weighted by Crippen LogP contribution is -2.57. The van der Waals surface area contributed by atoms with Crippen LogP contribution >= 0.6 is 0 Å². The predicted molar refractivity (Wildman–Crippen MR) is 56.1 cm³/mol. The molecule has 86 valence electrons. The maximum atomic E-state index is 11.1. The summed E-state index contributed by atoms with van der Waals surface area (Å²) in [6.45, 7) is 2.74. The number of nitrogens with two attached hydrogens (primary N) is 1. The van der Waals surface area contributed by atoms with Crippen molar-refractivity contribution in [2.24, 2.45) is 5.73 Å². The van der Waals surface area contributed by atoms with Gasteiger partial charge >= 0.3 is 0 Å². The Kier molecular flexibility index (Phi) is 4.51. The van der Waals surface area contributed by atoms with Gasteiger partial charge in [0, 0.05) is 39.6 Å². The van der Waals surface area contributed by atoms with E-state index in [-0.39, 0.29) is 17.9 Å². The van der Waals surface area contributed by atoms with Crippen LogP contribution in [-0.2, 0) is 9.59 Å². The second-order valence-corrected chi connectivity index (χ2v) is 3.58. The first-order valence-electron chi connectivity index (χ1n) is 5.10. The van der Waals surface area contributed by atoms with Gasteiger partial charge in [-0.2, -0.15) is 0 Å². The van der Waals surface area contributed by atoms with Crippen molar-refractivity contribution in [1.82, 2.24) is 15.5 Å². The van der Waals surface area contributed by atoms with Crippen LogP contribution in [0.2, 0.25) is 0 Å². The minimum atomic E-state index is -0.334. The van der Waals surface area contributed by atoms with Crippen LogP contribution in [0, 0.1) is 0 Å². The van der Waals surface area contributed by atoms with Crippen molar-refractivity contribution in [3.05, 3.63) is 0 Å². The summed E-state index contributed by atoms with van der Waals surface area (Å²) in [5.41, 5.74) is 5.28. The van der Waals surface area contributed by atoms with E-state index in [1.807, 2.05) is 4.90 Å². The lowest BCUT2D eigenvalue weighted by Gasteiger charge is -2.33. The van der Waals surface area contributed by atoms with E-state index >= 15 is 0 Å². The number of carbonyl (C=O) groups is 2. The van der Waals surface area contributed by atoms with Crippen LogP contribution in [0.3, 0.4) is 0 Å². The summed E-state index contributed by atoms with van der Waals surface area (Å²) >= 11 is 0. The highest BCUT2D eigenvalue weighted by atomic mass is 16.2. The Labute approximate surface area is 89.2 Å². The normalized spacial score (nSPS) is 22.3. The zero-order chi connectivity index (χ0) is 11.3. The molecular weight excluding hydrogens is 196 g/mol. The molecule has 6 nitrogen and oxygen atoms in total. The molecule has 0 aliphatic carbocycles. The van der Waals surface area contributed by atoms with Gasteiger partial charge in [-0.25, -0.2) is 0 Å². The molecule has 1 aliphatic heterocycles. The molecule has 1 atom stereocenters. The average Bonchev–Trinajstić information content (AvgIpc) is 2.26. The number of amides is 2. The van der Waals surface area contributed by atoms with Crippen LogP contribution in [0.4, 0.5) is 0 Å². The smallest absolute Gasteiger partial charge is 0.236 e. The number of primary amides is 1. The molecule has 2 amide bonds. The standard InChI is InChI=1S/C9H18N4O2/c1-11-8(14)2-4-13-5-3-12-6-7(13)9(10)15/h7,12H,2-6H2,1H3,(H2,10,15)(H,11,14). The zero-order valence-corrected chi connectivity index (χ0v) is 8.95. The number of nitrogens with zero attached hydrogens (tertiary/aromatic N) is 1. The molecule has 0 saturated carbocycles. The highest BCUT2D eigenvalue weighted by Crippen LogP contribution is 2.03. The molecule has 1 fully saturated rings. The summed E-state index contributed by atoms with van der Waals surface area (Å²) in [7, 11) is 1.60. The molecule has 1 heterocycles. The van der Waals surface area contributed by atoms with Crippen LogP contribution in [0.1, 0.15) is 6.42 Å². The van der Waals surface area contributed by atoms with Gasteiger partial charge in [-0.05, 0) is 0 Å². The second-order valence-electron chi connectivity index (χ2n) is 3.58. The summed E-state index contributed by atoms with van der Waals surface area (Å²) in [5.74, 6) is -0.351. The predicted octanol–water partition coefficient (Wildman–Crippen LogP) is -2.12. The average molecular weight is 214 g/mol. The summed E-state index contributed by atoms with van der Waals surface area (Å²) in [6, 6.07) is -0.289. The van der Waals surface area contributed by atoms with Crippen molar-refractivity contribution >= 4 is 11.8 Å². The molecular formula is C9H18N4O2. The molecule has 1 unspecified atom stereocenters. The number of carbonyl (C=O) groups excluding carboxylic acids is 2. The van der Waals surface area contributed by atoms with Gasteiger partial charge < -0.3 is 16.4 Å². The molecule has 6 heteroatoms. The fourth-order valence-electron chi connectivity index (χ4n) is 1.66. The maximum absolute atomic E-state index is 11.1. The Morgan fingerprint density at radius 3 is 2.93 bits per heavy atom. The maximum Gasteiger partial charge on any atom is 0.236 e. The van der Waals surface area contributed by atoms with E-state index in [0.717, 1.165) is 13.1 Å². The molecule has 0 aromatic rings. The Morgan fingerprint density at radius 2 is 2.33 bits per heavy atom. The SMILES string of the molecule is CNC(=O)CCN1CCNCC1C(N)=O.